The van der Waals surface area contributed by atoms with E-state index in [0.717, 1.165) is 17.7 Å². The van der Waals surface area contributed by atoms with Crippen LogP contribution in [0.5, 0.6) is 5.75 Å². The summed E-state index contributed by atoms with van der Waals surface area (Å²) < 4.78 is 5.50. The molecule has 0 saturated heterocycles. The Morgan fingerprint density at radius 3 is 2.61 bits per heavy atom. The van der Waals surface area contributed by atoms with E-state index in [9.17, 15) is 4.79 Å². The van der Waals surface area contributed by atoms with E-state index in [1.807, 2.05) is 45.0 Å². The molecular weight excluding hydrogens is 320 g/mol. The Morgan fingerprint density at radius 1 is 1.43 bits per heavy atom. The Kier molecular flexibility index (Phi) is 11.7. The van der Waals surface area contributed by atoms with Gasteiger partial charge in [-0.2, -0.15) is 0 Å². The molecule has 0 fully saturated rings. The highest BCUT2D eigenvalue weighted by atomic mass is 35.5. The Hall–Kier alpha value is -1.79. The number of para-hydroxylation sites is 1. The van der Waals surface area contributed by atoms with E-state index < -0.39 is 5.97 Å². The lowest BCUT2D eigenvalue weighted by Gasteiger charge is -2.11. The van der Waals surface area contributed by atoms with Gasteiger partial charge in [0.2, 0.25) is 0 Å². The zero-order chi connectivity index (χ0) is 17.7. The molecule has 0 amide bonds. The highest BCUT2D eigenvalue weighted by Gasteiger charge is 2.02. The fourth-order valence-corrected chi connectivity index (χ4v) is 1.60. The van der Waals surface area contributed by atoms with E-state index in [2.05, 4.69) is 10.5 Å². The molecule has 1 atom stereocenters. The summed E-state index contributed by atoms with van der Waals surface area (Å²) in [6, 6.07) is 7.42. The van der Waals surface area contributed by atoms with Crippen molar-refractivity contribution in [2.75, 3.05) is 13.1 Å². The van der Waals surface area contributed by atoms with E-state index in [1.165, 1.54) is 6.21 Å². The predicted molar refractivity (Wildman–Crippen MR) is 92.0 cm³/mol. The Bertz CT molecular complexity index is 481. The molecule has 1 aromatic carbocycles. The molecule has 23 heavy (non-hydrogen) atoms. The van der Waals surface area contributed by atoms with Gasteiger partial charge in [0, 0.05) is 17.5 Å². The third-order valence-corrected chi connectivity index (χ3v) is 3.03. The average Bonchev–Trinajstić information content (AvgIpc) is 2.49. The first kappa shape index (κ1) is 21.2. The molecule has 0 bridgehead atoms. The second-order valence-electron chi connectivity index (χ2n) is 4.98. The second kappa shape index (κ2) is 12.7. The van der Waals surface area contributed by atoms with E-state index in [4.69, 9.17) is 26.7 Å². The van der Waals surface area contributed by atoms with Crippen molar-refractivity contribution in [2.45, 2.75) is 38.7 Å². The number of carbonyl (C=O) groups is 1. The third kappa shape index (κ3) is 11.4. The fourth-order valence-electron chi connectivity index (χ4n) is 1.49. The number of hydrogen-bond donors (Lipinski definition) is 3. The first-order valence-electron chi connectivity index (χ1n) is 7.40. The summed E-state index contributed by atoms with van der Waals surface area (Å²) in [6.45, 7) is 6.41. The minimum Gasteiger partial charge on any atom is -0.490 e. The van der Waals surface area contributed by atoms with Crippen LogP contribution in [-0.4, -0.2) is 47.1 Å². The van der Waals surface area contributed by atoms with Crippen molar-refractivity contribution in [3.05, 3.63) is 29.8 Å². The number of aliphatic carboxylic acids is 1. The van der Waals surface area contributed by atoms with Gasteiger partial charge in [-0.15, -0.1) is 11.6 Å². The highest BCUT2D eigenvalue weighted by molar-refractivity contribution is 6.20. The van der Waals surface area contributed by atoms with Gasteiger partial charge in [0.1, 0.15) is 5.75 Å². The quantitative estimate of drug-likeness (QED) is 0.292. The van der Waals surface area contributed by atoms with Crippen LogP contribution in [0.3, 0.4) is 0 Å². The van der Waals surface area contributed by atoms with Crippen LogP contribution in [0.1, 0.15) is 32.8 Å². The van der Waals surface area contributed by atoms with Crippen molar-refractivity contribution in [1.82, 2.24) is 5.32 Å². The molecule has 0 aliphatic rings. The van der Waals surface area contributed by atoms with E-state index in [0.29, 0.717) is 6.54 Å². The molecule has 0 saturated carbocycles. The Balaban J connectivity index is 0.000000438. The summed E-state index contributed by atoms with van der Waals surface area (Å²) in [4.78, 5) is 9.96. The SMILES string of the molecule is CC(C)Oc1ccccc1C=NO.CCC(Cl)CNCC(=O)O. The summed E-state index contributed by atoms with van der Waals surface area (Å²) in [7, 11) is 0. The number of nitrogens with one attached hydrogen (secondary N) is 1. The van der Waals surface area contributed by atoms with Crippen LogP contribution in [0.2, 0.25) is 0 Å². The summed E-state index contributed by atoms with van der Waals surface area (Å²) in [6.07, 6.45) is 2.33. The Labute approximate surface area is 142 Å². The van der Waals surface area contributed by atoms with Gasteiger partial charge in [0.15, 0.2) is 0 Å². The number of rotatable bonds is 8. The molecular formula is C16H25ClN2O4. The van der Waals surface area contributed by atoms with Gasteiger partial charge in [-0.3, -0.25) is 4.79 Å². The number of hydrogen-bond acceptors (Lipinski definition) is 5. The van der Waals surface area contributed by atoms with Crippen molar-refractivity contribution in [1.29, 1.82) is 0 Å². The second-order valence-corrected chi connectivity index (χ2v) is 5.60. The fraction of sp³-hybridized carbons (Fsp3) is 0.500. The van der Waals surface area contributed by atoms with Crippen LogP contribution in [-0.2, 0) is 4.79 Å². The Morgan fingerprint density at radius 2 is 2.09 bits per heavy atom. The minimum absolute atomic E-state index is 0.0107. The summed E-state index contributed by atoms with van der Waals surface area (Å²) in [5.41, 5.74) is 0.777. The summed E-state index contributed by atoms with van der Waals surface area (Å²) in [5, 5.41) is 22.3. The van der Waals surface area contributed by atoms with Crippen molar-refractivity contribution in [3.8, 4) is 5.75 Å². The minimum atomic E-state index is -0.847. The standard InChI is InChI=1S/C10H13NO2.C6H12ClNO2/c1-8(2)13-10-6-4-3-5-9(10)7-11-12;1-2-5(7)3-8-4-6(9)10/h3-8,12H,1-2H3;5,8H,2-4H2,1H3,(H,9,10). The molecule has 6 nitrogen and oxygen atoms in total. The van der Waals surface area contributed by atoms with Gasteiger partial charge in [0.05, 0.1) is 18.9 Å². The van der Waals surface area contributed by atoms with Crippen LogP contribution in [0.15, 0.2) is 29.4 Å². The maximum atomic E-state index is 9.96. The maximum absolute atomic E-state index is 9.96. The summed E-state index contributed by atoms with van der Waals surface area (Å²) in [5.74, 6) is -0.115. The van der Waals surface area contributed by atoms with Gasteiger partial charge in [0.25, 0.3) is 0 Å². The normalized spacial score (nSPS) is 11.9. The molecule has 0 aliphatic carbocycles. The number of oxime groups is 1. The van der Waals surface area contributed by atoms with Gasteiger partial charge in [-0.25, -0.2) is 0 Å². The van der Waals surface area contributed by atoms with Crippen LogP contribution >= 0.6 is 11.6 Å². The van der Waals surface area contributed by atoms with Crippen LogP contribution in [0.25, 0.3) is 0 Å². The highest BCUT2D eigenvalue weighted by Crippen LogP contribution is 2.17. The largest absolute Gasteiger partial charge is 0.490 e. The maximum Gasteiger partial charge on any atom is 0.317 e. The molecule has 130 valence electrons. The van der Waals surface area contributed by atoms with E-state index in [1.54, 1.807) is 0 Å². The number of carboxylic acids is 1. The van der Waals surface area contributed by atoms with Crippen LogP contribution in [0, 0.1) is 0 Å². The number of ether oxygens (including phenoxy) is 1. The van der Waals surface area contributed by atoms with E-state index in [-0.39, 0.29) is 18.0 Å². The van der Waals surface area contributed by atoms with Crippen LogP contribution in [0.4, 0.5) is 0 Å². The lowest BCUT2D eigenvalue weighted by atomic mass is 10.2. The molecule has 7 heteroatoms. The smallest absolute Gasteiger partial charge is 0.317 e. The number of benzene rings is 1. The van der Waals surface area contributed by atoms with Crippen molar-refractivity contribution < 1.29 is 19.8 Å². The monoisotopic (exact) mass is 344 g/mol. The van der Waals surface area contributed by atoms with Gasteiger partial charge in [-0.05, 0) is 32.4 Å². The zero-order valence-corrected chi connectivity index (χ0v) is 14.5. The number of alkyl halides is 1. The van der Waals surface area contributed by atoms with Gasteiger partial charge >= 0.3 is 5.97 Å². The van der Waals surface area contributed by atoms with Crippen molar-refractivity contribution in [2.24, 2.45) is 5.16 Å². The molecule has 0 aliphatic heterocycles. The zero-order valence-electron chi connectivity index (χ0n) is 13.7. The van der Waals surface area contributed by atoms with Gasteiger partial charge in [-0.1, -0.05) is 24.2 Å². The number of halogens is 1. The molecule has 0 heterocycles. The molecule has 3 N–H and O–H groups in total. The predicted octanol–water partition coefficient (Wildman–Crippen LogP) is 2.96. The topological polar surface area (TPSA) is 91.2 Å². The first-order chi connectivity index (χ1) is 10.9. The molecule has 0 radical (unpaired) electrons. The molecule has 1 rings (SSSR count). The summed E-state index contributed by atoms with van der Waals surface area (Å²) >= 11 is 5.69. The third-order valence-electron chi connectivity index (χ3n) is 2.56. The number of nitrogens with zero attached hydrogens (tertiary/aromatic N) is 1. The number of carboxylic acid groups (broad SMARTS) is 1. The molecule has 1 aromatic rings. The lowest BCUT2D eigenvalue weighted by molar-refractivity contribution is -0.135. The molecule has 0 aromatic heterocycles. The average molecular weight is 345 g/mol. The van der Waals surface area contributed by atoms with Crippen molar-refractivity contribution >= 4 is 23.8 Å². The van der Waals surface area contributed by atoms with Gasteiger partial charge < -0.3 is 20.4 Å². The van der Waals surface area contributed by atoms with Crippen molar-refractivity contribution in [3.63, 3.8) is 0 Å². The molecule has 0 spiro atoms. The first-order valence-corrected chi connectivity index (χ1v) is 7.84. The van der Waals surface area contributed by atoms with E-state index >= 15 is 0 Å². The van der Waals surface area contributed by atoms with Crippen LogP contribution < -0.4 is 10.1 Å². The lowest BCUT2D eigenvalue weighted by Crippen LogP contribution is -2.28. The molecule has 1 unspecified atom stereocenters.